The van der Waals surface area contributed by atoms with E-state index in [-0.39, 0.29) is 11.9 Å². The second-order valence-corrected chi connectivity index (χ2v) is 5.35. The molecule has 0 radical (unpaired) electrons. The molecule has 1 unspecified atom stereocenters. The first-order chi connectivity index (χ1) is 11.1. The number of rotatable bonds is 4. The van der Waals surface area contributed by atoms with Crippen molar-refractivity contribution < 1.29 is 23.4 Å². The summed E-state index contributed by atoms with van der Waals surface area (Å²) in [6.07, 6.45) is 0. The number of methoxy groups -OCH3 is 1. The van der Waals surface area contributed by atoms with Gasteiger partial charge in [0.2, 0.25) is 5.75 Å². The van der Waals surface area contributed by atoms with Gasteiger partial charge in [-0.15, -0.1) is 0 Å². The molecule has 1 aromatic heterocycles. The molecule has 6 nitrogen and oxygen atoms in total. The molecule has 2 heterocycles. The molecule has 0 fully saturated rings. The highest BCUT2D eigenvalue weighted by Gasteiger charge is 2.22. The van der Waals surface area contributed by atoms with E-state index in [2.05, 4.69) is 5.32 Å². The molecule has 1 atom stereocenters. The molecule has 0 spiro atoms. The summed E-state index contributed by atoms with van der Waals surface area (Å²) in [5.74, 6) is 2.81. The maximum absolute atomic E-state index is 12.5. The number of aryl methyl sites for hydroxylation is 1. The zero-order valence-corrected chi connectivity index (χ0v) is 13.3. The zero-order chi connectivity index (χ0) is 16.4. The third-order valence-corrected chi connectivity index (χ3v) is 3.63. The van der Waals surface area contributed by atoms with Crippen LogP contribution in [0.15, 0.2) is 28.7 Å². The van der Waals surface area contributed by atoms with E-state index in [0.29, 0.717) is 41.8 Å². The first-order valence-electron chi connectivity index (χ1n) is 7.43. The molecule has 1 aliphatic rings. The van der Waals surface area contributed by atoms with Gasteiger partial charge in [-0.1, -0.05) is 0 Å². The fourth-order valence-electron chi connectivity index (χ4n) is 2.44. The van der Waals surface area contributed by atoms with Crippen LogP contribution in [0.4, 0.5) is 0 Å². The summed E-state index contributed by atoms with van der Waals surface area (Å²) in [5.41, 5.74) is 0.446. The Morgan fingerprint density at radius 1 is 1.26 bits per heavy atom. The minimum Gasteiger partial charge on any atom is -0.493 e. The van der Waals surface area contributed by atoms with E-state index in [1.807, 2.05) is 26.0 Å². The molecule has 23 heavy (non-hydrogen) atoms. The van der Waals surface area contributed by atoms with Crippen LogP contribution in [-0.4, -0.2) is 26.2 Å². The summed E-state index contributed by atoms with van der Waals surface area (Å²) in [6, 6.07) is 6.78. The number of hydrogen-bond donors (Lipinski definition) is 1. The number of furan rings is 1. The van der Waals surface area contributed by atoms with Crippen LogP contribution in [0.3, 0.4) is 0 Å². The number of amides is 1. The van der Waals surface area contributed by atoms with Gasteiger partial charge in [-0.2, -0.15) is 0 Å². The van der Waals surface area contributed by atoms with E-state index in [1.165, 1.54) is 7.11 Å². The molecule has 3 rings (SSSR count). The van der Waals surface area contributed by atoms with E-state index < -0.39 is 0 Å². The van der Waals surface area contributed by atoms with Crippen molar-refractivity contribution >= 4 is 5.91 Å². The lowest BCUT2D eigenvalue weighted by Gasteiger charge is -2.21. The molecule has 1 aliphatic heterocycles. The minimum atomic E-state index is -0.240. The van der Waals surface area contributed by atoms with Gasteiger partial charge in [-0.25, -0.2) is 0 Å². The van der Waals surface area contributed by atoms with Crippen LogP contribution >= 0.6 is 0 Å². The molecule has 2 aromatic rings. The summed E-state index contributed by atoms with van der Waals surface area (Å²) >= 11 is 0. The van der Waals surface area contributed by atoms with Crippen LogP contribution in [0.2, 0.25) is 0 Å². The molecular formula is C17H19NO5. The van der Waals surface area contributed by atoms with Crippen LogP contribution < -0.4 is 19.5 Å². The van der Waals surface area contributed by atoms with Gasteiger partial charge < -0.3 is 23.9 Å². The van der Waals surface area contributed by atoms with Crippen molar-refractivity contribution in [2.45, 2.75) is 19.9 Å². The van der Waals surface area contributed by atoms with Gasteiger partial charge in [0.25, 0.3) is 5.91 Å². The van der Waals surface area contributed by atoms with Crippen LogP contribution in [-0.2, 0) is 0 Å². The fourth-order valence-corrected chi connectivity index (χ4v) is 2.44. The lowest BCUT2D eigenvalue weighted by atomic mass is 10.1. The Hall–Kier alpha value is -2.63. The SMILES string of the molecule is COc1cc(C(=O)NC(C)c2ccc(C)o2)cc2c1OCCO2. The van der Waals surface area contributed by atoms with E-state index in [0.717, 1.165) is 5.76 Å². The van der Waals surface area contributed by atoms with Gasteiger partial charge >= 0.3 is 0 Å². The topological polar surface area (TPSA) is 69.9 Å². The van der Waals surface area contributed by atoms with Crippen molar-refractivity contribution in [3.63, 3.8) is 0 Å². The highest BCUT2D eigenvalue weighted by atomic mass is 16.6. The number of carbonyl (C=O) groups is 1. The van der Waals surface area contributed by atoms with Crippen molar-refractivity contribution in [1.29, 1.82) is 0 Å². The predicted molar refractivity (Wildman–Crippen MR) is 83.3 cm³/mol. The Kier molecular flexibility index (Phi) is 4.14. The van der Waals surface area contributed by atoms with Crippen molar-refractivity contribution in [3.05, 3.63) is 41.3 Å². The van der Waals surface area contributed by atoms with Crippen LogP contribution in [0.25, 0.3) is 0 Å². The van der Waals surface area contributed by atoms with Gasteiger partial charge in [0.05, 0.1) is 13.2 Å². The van der Waals surface area contributed by atoms with Gasteiger partial charge in [-0.3, -0.25) is 4.79 Å². The third kappa shape index (κ3) is 3.11. The molecular weight excluding hydrogens is 298 g/mol. The maximum atomic E-state index is 12.5. The van der Waals surface area contributed by atoms with Crippen molar-refractivity contribution in [2.75, 3.05) is 20.3 Å². The maximum Gasteiger partial charge on any atom is 0.252 e. The molecule has 1 aromatic carbocycles. The Morgan fingerprint density at radius 3 is 2.74 bits per heavy atom. The average molecular weight is 317 g/mol. The van der Waals surface area contributed by atoms with Crippen LogP contribution in [0.5, 0.6) is 17.2 Å². The monoisotopic (exact) mass is 317 g/mol. The normalized spacial score (nSPS) is 14.2. The van der Waals surface area contributed by atoms with Crippen molar-refractivity contribution in [1.82, 2.24) is 5.32 Å². The fraction of sp³-hybridized carbons (Fsp3) is 0.353. The first-order valence-corrected chi connectivity index (χ1v) is 7.43. The number of hydrogen-bond acceptors (Lipinski definition) is 5. The number of ether oxygens (including phenoxy) is 3. The number of fused-ring (bicyclic) bond motifs is 1. The van der Waals surface area contributed by atoms with Gasteiger partial charge in [-0.05, 0) is 38.1 Å². The van der Waals surface area contributed by atoms with Gasteiger partial charge in [0.1, 0.15) is 24.7 Å². The van der Waals surface area contributed by atoms with E-state index in [9.17, 15) is 4.79 Å². The van der Waals surface area contributed by atoms with E-state index in [4.69, 9.17) is 18.6 Å². The zero-order valence-electron chi connectivity index (χ0n) is 13.3. The molecule has 6 heteroatoms. The molecule has 1 N–H and O–H groups in total. The lowest BCUT2D eigenvalue weighted by molar-refractivity contribution is 0.0933. The van der Waals surface area contributed by atoms with Crippen LogP contribution in [0, 0.1) is 6.92 Å². The molecule has 122 valence electrons. The quantitative estimate of drug-likeness (QED) is 0.939. The highest BCUT2D eigenvalue weighted by Crippen LogP contribution is 2.40. The summed E-state index contributed by atoms with van der Waals surface area (Å²) in [7, 11) is 1.53. The van der Waals surface area contributed by atoms with Crippen molar-refractivity contribution in [3.8, 4) is 17.2 Å². The molecule has 0 saturated heterocycles. The van der Waals surface area contributed by atoms with Gasteiger partial charge in [0, 0.05) is 5.56 Å². The third-order valence-electron chi connectivity index (χ3n) is 3.63. The van der Waals surface area contributed by atoms with Crippen molar-refractivity contribution in [2.24, 2.45) is 0 Å². The summed E-state index contributed by atoms with van der Waals surface area (Å²) < 4.78 is 21.9. The average Bonchev–Trinajstić information content (AvgIpc) is 3.00. The highest BCUT2D eigenvalue weighted by molar-refractivity contribution is 5.95. The first kappa shape index (κ1) is 15.3. The standard InChI is InChI=1S/C17H19NO5/c1-10-4-5-13(23-10)11(2)18-17(19)12-8-14(20-3)16-15(9-12)21-6-7-22-16/h4-5,8-9,11H,6-7H2,1-3H3,(H,18,19). The molecule has 0 bridgehead atoms. The molecule has 0 saturated carbocycles. The largest absolute Gasteiger partial charge is 0.493 e. The second kappa shape index (κ2) is 6.24. The van der Waals surface area contributed by atoms with Gasteiger partial charge in [0.15, 0.2) is 11.5 Å². The molecule has 1 amide bonds. The summed E-state index contributed by atoms with van der Waals surface area (Å²) in [4.78, 5) is 12.5. The minimum absolute atomic E-state index is 0.234. The van der Waals surface area contributed by atoms with E-state index >= 15 is 0 Å². The lowest BCUT2D eigenvalue weighted by Crippen LogP contribution is -2.26. The summed E-state index contributed by atoms with van der Waals surface area (Å²) in [6.45, 7) is 4.64. The Morgan fingerprint density at radius 2 is 2.04 bits per heavy atom. The predicted octanol–water partition coefficient (Wildman–Crippen LogP) is 2.86. The van der Waals surface area contributed by atoms with Crippen LogP contribution in [0.1, 0.15) is 34.8 Å². The molecule has 0 aliphatic carbocycles. The number of carbonyl (C=O) groups excluding carboxylic acids is 1. The Bertz CT molecular complexity index is 705. The Balaban J connectivity index is 1.82. The number of benzene rings is 1. The van der Waals surface area contributed by atoms with E-state index in [1.54, 1.807) is 12.1 Å². The summed E-state index contributed by atoms with van der Waals surface area (Å²) in [5, 5.41) is 2.90. The second-order valence-electron chi connectivity index (χ2n) is 5.35. The smallest absolute Gasteiger partial charge is 0.252 e. The Labute approximate surface area is 134 Å². The number of nitrogens with one attached hydrogen (secondary N) is 1.